The fourth-order valence-electron chi connectivity index (χ4n) is 1.49. The molecule has 0 spiro atoms. The minimum absolute atomic E-state index is 0.751. The number of rotatable bonds is 4. The van der Waals surface area contributed by atoms with Crippen LogP contribution < -0.4 is 0 Å². The molecule has 0 amide bonds. The van der Waals surface area contributed by atoms with E-state index in [1.54, 1.807) is 6.33 Å². The van der Waals surface area contributed by atoms with Crippen molar-refractivity contribution in [3.63, 3.8) is 0 Å². The summed E-state index contributed by atoms with van der Waals surface area (Å²) in [5.41, 5.74) is 1.03. The number of benzene rings is 1. The summed E-state index contributed by atoms with van der Waals surface area (Å²) in [7, 11) is 0. The van der Waals surface area contributed by atoms with E-state index in [1.807, 2.05) is 30.0 Å². The molecule has 0 saturated carbocycles. The minimum Gasteiger partial charge on any atom is -0.236 e. The van der Waals surface area contributed by atoms with E-state index >= 15 is 0 Å². The first kappa shape index (κ1) is 11.4. The lowest BCUT2D eigenvalue weighted by atomic mass is 10.2. The Morgan fingerprint density at radius 2 is 2.00 bits per heavy atom. The molecule has 1 aromatic heterocycles. The third kappa shape index (κ3) is 2.73. The summed E-state index contributed by atoms with van der Waals surface area (Å²) in [6.45, 7) is 4.50. The van der Waals surface area contributed by atoms with Gasteiger partial charge in [0.2, 0.25) is 0 Å². The summed E-state index contributed by atoms with van der Waals surface area (Å²) in [4.78, 5) is 8.62. The Morgan fingerprint density at radius 3 is 2.81 bits per heavy atom. The highest BCUT2D eigenvalue weighted by molar-refractivity contribution is 7.99. The van der Waals surface area contributed by atoms with Crippen molar-refractivity contribution in [1.82, 2.24) is 9.97 Å². The molecule has 2 rings (SSSR count). The van der Waals surface area contributed by atoms with E-state index in [0.29, 0.717) is 0 Å². The van der Waals surface area contributed by atoms with Crippen molar-refractivity contribution < 1.29 is 0 Å². The second kappa shape index (κ2) is 5.30. The summed E-state index contributed by atoms with van der Waals surface area (Å²) in [5, 5.41) is 2.27. The first-order valence-electron chi connectivity index (χ1n) is 5.60. The van der Waals surface area contributed by atoms with Gasteiger partial charge in [0.25, 0.3) is 0 Å². The monoisotopic (exact) mass is 232 g/mol. The summed E-state index contributed by atoms with van der Waals surface area (Å²) < 4.78 is 0. The number of nitrogens with zero attached hydrogens (tertiary/aromatic N) is 2. The molecule has 0 aliphatic heterocycles. The van der Waals surface area contributed by atoms with E-state index in [0.717, 1.165) is 22.2 Å². The van der Waals surface area contributed by atoms with Gasteiger partial charge in [-0.15, -0.1) is 11.8 Å². The molecule has 0 saturated heterocycles. The van der Waals surface area contributed by atoms with E-state index < -0.39 is 0 Å². The zero-order chi connectivity index (χ0) is 11.4. The predicted octanol–water partition coefficient (Wildman–Crippen LogP) is 3.77. The molecule has 0 bridgehead atoms. The van der Waals surface area contributed by atoms with Crippen LogP contribution >= 0.6 is 11.8 Å². The van der Waals surface area contributed by atoms with Gasteiger partial charge in [-0.05, 0) is 24.2 Å². The zero-order valence-corrected chi connectivity index (χ0v) is 10.5. The lowest BCUT2D eigenvalue weighted by molar-refractivity contribution is 0.632. The van der Waals surface area contributed by atoms with Gasteiger partial charge >= 0.3 is 0 Å². The Balaban J connectivity index is 2.17. The van der Waals surface area contributed by atoms with Gasteiger partial charge in [-0.3, -0.25) is 0 Å². The molecule has 3 heteroatoms. The molecule has 16 heavy (non-hydrogen) atoms. The maximum Gasteiger partial charge on any atom is 0.117 e. The topological polar surface area (TPSA) is 25.8 Å². The maximum absolute atomic E-state index is 4.36. The quantitative estimate of drug-likeness (QED) is 0.593. The van der Waals surface area contributed by atoms with Crippen LogP contribution in [0.3, 0.4) is 0 Å². The Kier molecular flexibility index (Phi) is 3.78. The lowest BCUT2D eigenvalue weighted by Gasteiger charge is -2.05. The normalized spacial score (nSPS) is 11.2. The van der Waals surface area contributed by atoms with Crippen molar-refractivity contribution in [3.8, 4) is 0 Å². The van der Waals surface area contributed by atoms with Crippen molar-refractivity contribution >= 4 is 22.7 Å². The van der Waals surface area contributed by atoms with Crippen molar-refractivity contribution in [1.29, 1.82) is 0 Å². The second-order valence-electron chi connectivity index (χ2n) is 4.23. The van der Waals surface area contributed by atoms with Crippen LogP contribution in [-0.4, -0.2) is 15.7 Å². The standard InChI is InChI=1S/C13H16N2S/c1-10(2)7-8-16-13-11-5-3-4-6-12(11)14-9-15-13/h3-6,9-10H,7-8H2,1-2H3. The second-order valence-corrected chi connectivity index (χ2v) is 5.31. The van der Waals surface area contributed by atoms with Gasteiger partial charge in [0.1, 0.15) is 11.4 Å². The SMILES string of the molecule is CC(C)CCSc1ncnc2ccccc12. The average Bonchev–Trinajstić information content (AvgIpc) is 2.29. The van der Waals surface area contributed by atoms with E-state index in [1.165, 1.54) is 11.8 Å². The van der Waals surface area contributed by atoms with Crippen LogP contribution in [0.1, 0.15) is 20.3 Å². The van der Waals surface area contributed by atoms with Crippen LogP contribution in [0.15, 0.2) is 35.6 Å². The van der Waals surface area contributed by atoms with E-state index in [4.69, 9.17) is 0 Å². The third-order valence-electron chi connectivity index (χ3n) is 2.44. The molecule has 2 nitrogen and oxygen atoms in total. The molecular formula is C13H16N2S. The molecule has 0 aliphatic rings. The van der Waals surface area contributed by atoms with Crippen LogP contribution in [0.2, 0.25) is 0 Å². The number of hydrogen-bond donors (Lipinski definition) is 0. The minimum atomic E-state index is 0.751. The van der Waals surface area contributed by atoms with Crippen molar-refractivity contribution in [2.24, 2.45) is 5.92 Å². The van der Waals surface area contributed by atoms with Gasteiger partial charge in [-0.1, -0.05) is 32.0 Å². The maximum atomic E-state index is 4.36. The predicted molar refractivity (Wildman–Crippen MR) is 69.7 cm³/mol. The fraction of sp³-hybridized carbons (Fsp3) is 0.385. The van der Waals surface area contributed by atoms with Crippen LogP contribution in [0.5, 0.6) is 0 Å². The first-order valence-corrected chi connectivity index (χ1v) is 6.58. The van der Waals surface area contributed by atoms with E-state index in [2.05, 4.69) is 29.9 Å². The van der Waals surface area contributed by atoms with E-state index in [9.17, 15) is 0 Å². The summed E-state index contributed by atoms with van der Waals surface area (Å²) in [6, 6.07) is 8.17. The van der Waals surface area contributed by atoms with Crippen molar-refractivity contribution in [2.45, 2.75) is 25.3 Å². The summed E-state index contributed by atoms with van der Waals surface area (Å²) in [5.74, 6) is 1.87. The smallest absolute Gasteiger partial charge is 0.117 e. The molecule has 1 heterocycles. The molecule has 0 unspecified atom stereocenters. The Bertz CT molecular complexity index is 463. The van der Waals surface area contributed by atoms with Crippen LogP contribution in [0.25, 0.3) is 10.9 Å². The highest BCUT2D eigenvalue weighted by atomic mass is 32.2. The largest absolute Gasteiger partial charge is 0.236 e. The van der Waals surface area contributed by atoms with Gasteiger partial charge in [0.15, 0.2) is 0 Å². The third-order valence-corrected chi connectivity index (χ3v) is 3.48. The van der Waals surface area contributed by atoms with Crippen molar-refractivity contribution in [2.75, 3.05) is 5.75 Å². The number of hydrogen-bond acceptors (Lipinski definition) is 3. The molecule has 2 aromatic rings. The van der Waals surface area contributed by atoms with Crippen LogP contribution in [0, 0.1) is 5.92 Å². The Morgan fingerprint density at radius 1 is 1.19 bits per heavy atom. The fourth-order valence-corrected chi connectivity index (χ4v) is 2.72. The highest BCUT2D eigenvalue weighted by Gasteiger charge is 2.03. The molecule has 0 aliphatic carbocycles. The molecule has 0 fully saturated rings. The van der Waals surface area contributed by atoms with Gasteiger partial charge in [-0.2, -0.15) is 0 Å². The number of aromatic nitrogens is 2. The van der Waals surface area contributed by atoms with Gasteiger partial charge in [0.05, 0.1) is 5.52 Å². The van der Waals surface area contributed by atoms with E-state index in [-0.39, 0.29) is 0 Å². The highest BCUT2D eigenvalue weighted by Crippen LogP contribution is 2.25. The van der Waals surface area contributed by atoms with Gasteiger partial charge in [-0.25, -0.2) is 9.97 Å². The molecule has 0 N–H and O–H groups in total. The number of para-hydroxylation sites is 1. The Labute approximate surface area is 101 Å². The molecular weight excluding hydrogens is 216 g/mol. The van der Waals surface area contributed by atoms with Gasteiger partial charge in [0, 0.05) is 5.39 Å². The molecule has 0 atom stereocenters. The zero-order valence-electron chi connectivity index (χ0n) is 9.68. The van der Waals surface area contributed by atoms with Crippen LogP contribution in [-0.2, 0) is 0 Å². The molecule has 84 valence electrons. The Hall–Kier alpha value is -1.09. The van der Waals surface area contributed by atoms with Crippen molar-refractivity contribution in [3.05, 3.63) is 30.6 Å². The number of fused-ring (bicyclic) bond motifs is 1. The molecule has 1 aromatic carbocycles. The number of thioether (sulfide) groups is 1. The van der Waals surface area contributed by atoms with Crippen LogP contribution in [0.4, 0.5) is 0 Å². The average molecular weight is 232 g/mol. The lowest BCUT2D eigenvalue weighted by Crippen LogP contribution is -1.92. The first-order chi connectivity index (χ1) is 7.77. The summed E-state index contributed by atoms with van der Waals surface area (Å²) >= 11 is 1.83. The van der Waals surface area contributed by atoms with Gasteiger partial charge < -0.3 is 0 Å². The molecule has 0 radical (unpaired) electrons. The summed E-state index contributed by atoms with van der Waals surface area (Å²) in [6.07, 6.45) is 2.88.